The molecule has 1 aromatic carbocycles. The number of hydrogen-bond acceptors (Lipinski definition) is 5. The van der Waals surface area contributed by atoms with Gasteiger partial charge in [-0.3, -0.25) is 4.79 Å². The highest BCUT2D eigenvalue weighted by atomic mass is 32.1. The quantitative estimate of drug-likeness (QED) is 0.879. The van der Waals surface area contributed by atoms with Crippen LogP contribution in [0.25, 0.3) is 0 Å². The minimum atomic E-state index is -0.127. The SMILES string of the molecule is O=C(CCOc1ccccc1)Nc1nncs1. The van der Waals surface area contributed by atoms with Crippen LogP contribution in [0.2, 0.25) is 0 Å². The van der Waals surface area contributed by atoms with Gasteiger partial charge in [0.25, 0.3) is 0 Å². The summed E-state index contributed by atoms with van der Waals surface area (Å²) in [5, 5.41) is 10.5. The molecule has 1 amide bonds. The van der Waals surface area contributed by atoms with Crippen LogP contribution < -0.4 is 10.1 Å². The van der Waals surface area contributed by atoms with Gasteiger partial charge in [-0.25, -0.2) is 0 Å². The van der Waals surface area contributed by atoms with Gasteiger partial charge in [-0.15, -0.1) is 10.2 Å². The van der Waals surface area contributed by atoms with E-state index < -0.39 is 0 Å². The van der Waals surface area contributed by atoms with Gasteiger partial charge in [0, 0.05) is 0 Å². The summed E-state index contributed by atoms with van der Waals surface area (Å²) >= 11 is 1.29. The molecule has 1 heterocycles. The van der Waals surface area contributed by atoms with Crippen molar-refractivity contribution in [2.75, 3.05) is 11.9 Å². The van der Waals surface area contributed by atoms with Crippen LogP contribution in [-0.2, 0) is 4.79 Å². The molecule has 0 aliphatic heterocycles. The van der Waals surface area contributed by atoms with Crippen LogP contribution in [0, 0.1) is 0 Å². The maximum atomic E-state index is 11.4. The Bertz CT molecular complexity index is 459. The standard InChI is InChI=1S/C11H11N3O2S/c15-10(13-11-14-12-8-17-11)6-7-16-9-4-2-1-3-5-9/h1-5,8H,6-7H2,(H,13,14,15). The largest absolute Gasteiger partial charge is 0.493 e. The third-order valence-electron chi connectivity index (χ3n) is 1.95. The lowest BCUT2D eigenvalue weighted by atomic mass is 10.3. The Hall–Kier alpha value is -1.95. The van der Waals surface area contributed by atoms with E-state index in [1.807, 2.05) is 30.3 Å². The molecule has 6 heteroatoms. The Morgan fingerprint density at radius 1 is 1.35 bits per heavy atom. The van der Waals surface area contributed by atoms with Crippen molar-refractivity contribution in [3.63, 3.8) is 0 Å². The van der Waals surface area contributed by atoms with Crippen LogP contribution in [0.15, 0.2) is 35.8 Å². The molecule has 1 aromatic heterocycles. The molecule has 0 atom stereocenters. The van der Waals surface area contributed by atoms with Crippen molar-refractivity contribution in [2.45, 2.75) is 6.42 Å². The molecule has 0 saturated carbocycles. The Morgan fingerprint density at radius 2 is 2.18 bits per heavy atom. The lowest BCUT2D eigenvalue weighted by Gasteiger charge is -2.05. The minimum Gasteiger partial charge on any atom is -0.493 e. The van der Waals surface area contributed by atoms with E-state index in [1.165, 1.54) is 11.3 Å². The first-order valence-electron chi connectivity index (χ1n) is 5.08. The summed E-state index contributed by atoms with van der Waals surface area (Å²) in [6.07, 6.45) is 0.286. The molecule has 0 unspecified atom stereocenters. The van der Waals surface area contributed by atoms with Crippen molar-refractivity contribution in [3.8, 4) is 5.75 Å². The predicted molar refractivity (Wildman–Crippen MR) is 65.1 cm³/mol. The number of anilines is 1. The fourth-order valence-corrected chi connectivity index (χ4v) is 1.65. The van der Waals surface area contributed by atoms with Crippen molar-refractivity contribution >= 4 is 22.4 Å². The van der Waals surface area contributed by atoms with Crippen LogP contribution in [0.4, 0.5) is 5.13 Å². The second-order valence-corrected chi connectivity index (χ2v) is 4.04. The van der Waals surface area contributed by atoms with Crippen molar-refractivity contribution in [3.05, 3.63) is 35.8 Å². The summed E-state index contributed by atoms with van der Waals surface area (Å²) in [5.41, 5.74) is 1.57. The zero-order valence-electron chi connectivity index (χ0n) is 9.00. The van der Waals surface area contributed by atoms with Gasteiger partial charge in [-0.2, -0.15) is 0 Å². The highest BCUT2D eigenvalue weighted by Gasteiger charge is 2.04. The molecule has 0 aliphatic rings. The van der Waals surface area contributed by atoms with Crippen molar-refractivity contribution in [2.24, 2.45) is 0 Å². The van der Waals surface area contributed by atoms with Gasteiger partial charge in [0.2, 0.25) is 11.0 Å². The van der Waals surface area contributed by atoms with Gasteiger partial charge in [0.1, 0.15) is 11.3 Å². The molecule has 0 saturated heterocycles. The number of nitrogens with one attached hydrogen (secondary N) is 1. The van der Waals surface area contributed by atoms with E-state index in [2.05, 4.69) is 15.5 Å². The second-order valence-electron chi connectivity index (χ2n) is 3.20. The number of nitrogens with zero attached hydrogens (tertiary/aromatic N) is 2. The Balaban J connectivity index is 1.70. The van der Waals surface area contributed by atoms with Gasteiger partial charge in [-0.1, -0.05) is 29.5 Å². The Labute approximate surface area is 102 Å². The summed E-state index contributed by atoms with van der Waals surface area (Å²) in [7, 11) is 0. The van der Waals surface area contributed by atoms with E-state index in [0.29, 0.717) is 11.7 Å². The van der Waals surface area contributed by atoms with E-state index in [-0.39, 0.29) is 12.3 Å². The second kappa shape index (κ2) is 5.95. The number of carbonyl (C=O) groups is 1. The predicted octanol–water partition coefficient (Wildman–Crippen LogP) is 1.95. The molecule has 0 fully saturated rings. The number of ether oxygens (including phenoxy) is 1. The van der Waals surface area contributed by atoms with Crippen LogP contribution in [0.5, 0.6) is 5.75 Å². The zero-order valence-corrected chi connectivity index (χ0v) is 9.81. The lowest BCUT2D eigenvalue weighted by Crippen LogP contribution is -2.15. The van der Waals surface area contributed by atoms with E-state index in [4.69, 9.17) is 4.74 Å². The number of benzene rings is 1. The summed E-state index contributed by atoms with van der Waals surface area (Å²) in [6.45, 7) is 0.342. The molecule has 2 aromatic rings. The maximum Gasteiger partial charge on any atom is 0.229 e. The smallest absolute Gasteiger partial charge is 0.229 e. The lowest BCUT2D eigenvalue weighted by molar-refractivity contribution is -0.116. The molecule has 0 aliphatic carbocycles. The molecule has 17 heavy (non-hydrogen) atoms. The summed E-state index contributed by atoms with van der Waals surface area (Å²) in [4.78, 5) is 11.4. The average Bonchev–Trinajstić information content (AvgIpc) is 2.83. The molecule has 1 N–H and O–H groups in total. The average molecular weight is 249 g/mol. The van der Waals surface area contributed by atoms with Crippen molar-refractivity contribution in [1.29, 1.82) is 0 Å². The number of hydrogen-bond donors (Lipinski definition) is 1. The number of rotatable bonds is 5. The number of para-hydroxylation sites is 1. The number of amides is 1. The normalized spacial score (nSPS) is 9.88. The first-order valence-corrected chi connectivity index (χ1v) is 5.96. The van der Waals surface area contributed by atoms with Gasteiger partial charge in [0.15, 0.2) is 0 Å². The first kappa shape index (κ1) is 11.5. The topological polar surface area (TPSA) is 64.1 Å². The molecule has 5 nitrogen and oxygen atoms in total. The monoisotopic (exact) mass is 249 g/mol. The van der Waals surface area contributed by atoms with E-state index >= 15 is 0 Å². The van der Waals surface area contributed by atoms with Crippen LogP contribution >= 0.6 is 11.3 Å². The van der Waals surface area contributed by atoms with Crippen LogP contribution in [-0.4, -0.2) is 22.7 Å². The Morgan fingerprint density at radius 3 is 2.88 bits per heavy atom. The third-order valence-corrected chi connectivity index (χ3v) is 2.55. The molecule has 2 rings (SSSR count). The Kier molecular flexibility index (Phi) is 4.04. The van der Waals surface area contributed by atoms with Gasteiger partial charge < -0.3 is 10.1 Å². The van der Waals surface area contributed by atoms with Crippen LogP contribution in [0.3, 0.4) is 0 Å². The molecule has 0 bridgehead atoms. The van der Waals surface area contributed by atoms with Gasteiger partial charge in [-0.05, 0) is 12.1 Å². The molecule has 0 spiro atoms. The summed E-state index contributed by atoms with van der Waals surface area (Å²) < 4.78 is 5.40. The third kappa shape index (κ3) is 3.84. The van der Waals surface area contributed by atoms with E-state index in [1.54, 1.807) is 5.51 Å². The maximum absolute atomic E-state index is 11.4. The van der Waals surface area contributed by atoms with Crippen molar-refractivity contribution < 1.29 is 9.53 Å². The van der Waals surface area contributed by atoms with E-state index in [9.17, 15) is 4.79 Å². The molecular formula is C11H11N3O2S. The molecule has 88 valence electrons. The van der Waals surface area contributed by atoms with Gasteiger partial charge in [0.05, 0.1) is 13.0 Å². The summed E-state index contributed by atoms with van der Waals surface area (Å²) in [5.74, 6) is 0.633. The highest BCUT2D eigenvalue weighted by molar-refractivity contribution is 7.13. The minimum absolute atomic E-state index is 0.127. The van der Waals surface area contributed by atoms with Crippen LogP contribution in [0.1, 0.15) is 6.42 Å². The van der Waals surface area contributed by atoms with E-state index in [0.717, 1.165) is 5.75 Å². The number of aromatic nitrogens is 2. The number of carbonyl (C=O) groups excluding carboxylic acids is 1. The zero-order chi connectivity index (χ0) is 11.9. The molecular weight excluding hydrogens is 238 g/mol. The first-order chi connectivity index (χ1) is 8.34. The summed E-state index contributed by atoms with van der Waals surface area (Å²) in [6, 6.07) is 9.38. The highest BCUT2D eigenvalue weighted by Crippen LogP contribution is 2.10. The molecule has 0 radical (unpaired) electrons. The fraction of sp³-hybridized carbons (Fsp3) is 0.182. The fourth-order valence-electron chi connectivity index (χ4n) is 1.19. The van der Waals surface area contributed by atoms with Gasteiger partial charge >= 0.3 is 0 Å². The van der Waals surface area contributed by atoms with Crippen molar-refractivity contribution in [1.82, 2.24) is 10.2 Å².